The Kier molecular flexibility index (Phi) is 5.83. The van der Waals surface area contributed by atoms with Gasteiger partial charge in [-0.15, -0.1) is 0 Å². The van der Waals surface area contributed by atoms with Gasteiger partial charge in [-0.1, -0.05) is 18.2 Å². The highest BCUT2D eigenvalue weighted by Crippen LogP contribution is 2.28. The number of hydrogen-bond donors (Lipinski definition) is 0. The first-order valence-electron chi connectivity index (χ1n) is 10.5. The highest BCUT2D eigenvalue weighted by Gasteiger charge is 2.38. The normalized spacial score (nSPS) is 23.7. The van der Waals surface area contributed by atoms with E-state index in [1.54, 1.807) is 4.90 Å². The number of hydrazone groups is 1. The zero-order valence-electron chi connectivity index (χ0n) is 17.3. The van der Waals surface area contributed by atoms with Gasteiger partial charge in [-0.2, -0.15) is 5.10 Å². The molecule has 3 aliphatic rings. The van der Waals surface area contributed by atoms with E-state index < -0.39 is 28.0 Å². The number of nitrogens with zero attached hydrogens (tertiary/aromatic N) is 3. The quantitative estimate of drug-likeness (QED) is 0.638. The highest BCUT2D eigenvalue weighted by atomic mass is 32.2. The van der Waals surface area contributed by atoms with Crippen molar-refractivity contribution in [2.24, 2.45) is 5.10 Å². The Morgan fingerprint density at radius 3 is 2.71 bits per heavy atom. The van der Waals surface area contributed by atoms with E-state index >= 15 is 0 Å². The van der Waals surface area contributed by atoms with Crippen LogP contribution in [0.15, 0.2) is 29.4 Å². The van der Waals surface area contributed by atoms with Crippen LogP contribution >= 0.6 is 0 Å². The number of ether oxygens (including phenoxy) is 1. The van der Waals surface area contributed by atoms with Crippen LogP contribution in [0.5, 0.6) is 0 Å². The average Bonchev–Trinajstić information content (AvgIpc) is 3.12. The predicted octanol–water partition coefficient (Wildman–Crippen LogP) is 1.06. The first-order valence-corrected chi connectivity index (χ1v) is 12.3. The summed E-state index contributed by atoms with van der Waals surface area (Å²) in [5.74, 6) is -1.54. The van der Waals surface area contributed by atoms with E-state index in [0.29, 0.717) is 13.0 Å². The number of carbonyl (C=O) groups is 3. The Balaban J connectivity index is 1.44. The smallest absolute Gasteiger partial charge is 0.355 e. The second-order valence-electron chi connectivity index (χ2n) is 8.11. The van der Waals surface area contributed by atoms with E-state index in [9.17, 15) is 22.8 Å². The number of amides is 2. The molecule has 0 saturated carbocycles. The molecule has 10 heteroatoms. The van der Waals surface area contributed by atoms with E-state index in [4.69, 9.17) is 4.74 Å². The molecule has 166 valence electrons. The number of benzene rings is 1. The van der Waals surface area contributed by atoms with Gasteiger partial charge in [0, 0.05) is 25.1 Å². The number of para-hydroxylation sites is 1. The van der Waals surface area contributed by atoms with Gasteiger partial charge in [0.25, 0.3) is 5.91 Å². The number of hydrogen-bond acceptors (Lipinski definition) is 7. The lowest BCUT2D eigenvalue weighted by Crippen LogP contribution is -2.45. The van der Waals surface area contributed by atoms with Crippen LogP contribution in [0.1, 0.15) is 38.2 Å². The molecule has 1 saturated heterocycles. The third-order valence-electron chi connectivity index (χ3n) is 5.86. The van der Waals surface area contributed by atoms with Crippen LogP contribution in [-0.4, -0.2) is 67.1 Å². The molecule has 9 nitrogen and oxygen atoms in total. The summed E-state index contributed by atoms with van der Waals surface area (Å²) >= 11 is 0. The monoisotopic (exact) mass is 447 g/mol. The molecule has 0 bridgehead atoms. The minimum Gasteiger partial charge on any atom is -0.448 e. The second-order valence-corrected chi connectivity index (χ2v) is 10.3. The van der Waals surface area contributed by atoms with Gasteiger partial charge in [-0.05, 0) is 37.8 Å². The fourth-order valence-electron chi connectivity index (χ4n) is 4.23. The lowest BCUT2D eigenvalue weighted by molar-refractivity contribution is -0.148. The maximum absolute atomic E-state index is 13.0. The molecule has 31 heavy (non-hydrogen) atoms. The van der Waals surface area contributed by atoms with E-state index in [1.165, 1.54) is 6.92 Å². The predicted molar refractivity (Wildman–Crippen MR) is 113 cm³/mol. The summed E-state index contributed by atoms with van der Waals surface area (Å²) in [7, 11) is -3.20. The molecule has 0 aromatic heterocycles. The van der Waals surface area contributed by atoms with Gasteiger partial charge in [0.15, 0.2) is 15.9 Å². The molecule has 2 atom stereocenters. The summed E-state index contributed by atoms with van der Waals surface area (Å²) in [6, 6.07) is 7.10. The maximum Gasteiger partial charge on any atom is 0.355 e. The summed E-state index contributed by atoms with van der Waals surface area (Å²) in [5.41, 5.74) is 1.94. The molecule has 0 spiro atoms. The molecule has 1 aromatic carbocycles. The lowest BCUT2D eigenvalue weighted by Gasteiger charge is -2.31. The van der Waals surface area contributed by atoms with E-state index in [1.807, 2.05) is 24.3 Å². The van der Waals surface area contributed by atoms with E-state index in [2.05, 4.69) is 5.10 Å². The Bertz CT molecular complexity index is 1050. The summed E-state index contributed by atoms with van der Waals surface area (Å²) in [6.07, 6.45) is 1.15. The van der Waals surface area contributed by atoms with Gasteiger partial charge in [0.1, 0.15) is 5.71 Å². The zero-order valence-corrected chi connectivity index (χ0v) is 18.1. The summed E-state index contributed by atoms with van der Waals surface area (Å²) in [4.78, 5) is 39.5. The highest BCUT2D eigenvalue weighted by molar-refractivity contribution is 7.91. The Hall–Kier alpha value is -2.75. The van der Waals surface area contributed by atoms with Crippen molar-refractivity contribution in [1.82, 2.24) is 5.01 Å². The van der Waals surface area contributed by atoms with Crippen molar-refractivity contribution >= 4 is 39.0 Å². The van der Waals surface area contributed by atoms with Gasteiger partial charge < -0.3 is 9.64 Å². The van der Waals surface area contributed by atoms with Gasteiger partial charge in [0.2, 0.25) is 5.91 Å². The maximum atomic E-state index is 13.0. The zero-order chi connectivity index (χ0) is 22.2. The molecule has 1 aromatic rings. The number of rotatable bonds is 4. The van der Waals surface area contributed by atoms with Crippen LogP contribution < -0.4 is 4.90 Å². The van der Waals surface area contributed by atoms with Gasteiger partial charge in [-0.25, -0.2) is 18.2 Å². The van der Waals surface area contributed by atoms with Crippen molar-refractivity contribution in [3.63, 3.8) is 0 Å². The van der Waals surface area contributed by atoms with Crippen LogP contribution in [0, 0.1) is 0 Å². The van der Waals surface area contributed by atoms with Crippen molar-refractivity contribution < 1.29 is 27.5 Å². The molecule has 0 radical (unpaired) electrons. The van der Waals surface area contributed by atoms with E-state index in [0.717, 1.165) is 29.1 Å². The number of sulfone groups is 1. The molecule has 1 fully saturated rings. The van der Waals surface area contributed by atoms with Crippen molar-refractivity contribution in [3.8, 4) is 0 Å². The second kappa shape index (κ2) is 8.41. The molecule has 3 heterocycles. The van der Waals surface area contributed by atoms with Crippen molar-refractivity contribution in [2.75, 3.05) is 23.0 Å². The SMILES string of the molecule is C[C@@H](OC(=O)C1=NN([C@H]2CCS(=O)(=O)C2)C(=O)CC1)C(=O)N1CCCc2ccccc21. The van der Waals surface area contributed by atoms with Gasteiger partial charge in [-0.3, -0.25) is 9.59 Å². The van der Waals surface area contributed by atoms with E-state index in [-0.39, 0.29) is 41.9 Å². The fourth-order valence-corrected chi connectivity index (χ4v) is 5.93. The Morgan fingerprint density at radius 2 is 1.97 bits per heavy atom. The summed E-state index contributed by atoms with van der Waals surface area (Å²) in [5, 5.41) is 5.22. The molecular formula is C21H25N3O6S. The minimum atomic E-state index is -3.20. The summed E-state index contributed by atoms with van der Waals surface area (Å²) < 4.78 is 28.9. The van der Waals surface area contributed by atoms with Crippen molar-refractivity contribution in [2.45, 2.75) is 51.2 Å². The Morgan fingerprint density at radius 1 is 1.19 bits per heavy atom. The molecular weight excluding hydrogens is 422 g/mol. The number of esters is 1. The Labute approximate surface area is 180 Å². The first-order chi connectivity index (χ1) is 14.7. The topological polar surface area (TPSA) is 113 Å². The fraction of sp³-hybridized carbons (Fsp3) is 0.524. The molecule has 0 aliphatic carbocycles. The van der Waals surface area contributed by atoms with Crippen LogP contribution in [0.3, 0.4) is 0 Å². The van der Waals surface area contributed by atoms with Crippen molar-refractivity contribution in [1.29, 1.82) is 0 Å². The molecule has 3 aliphatic heterocycles. The van der Waals surface area contributed by atoms with Crippen LogP contribution in [0.2, 0.25) is 0 Å². The largest absolute Gasteiger partial charge is 0.448 e. The molecule has 4 rings (SSSR count). The van der Waals surface area contributed by atoms with Gasteiger partial charge in [0.05, 0.1) is 17.5 Å². The third-order valence-corrected chi connectivity index (χ3v) is 7.61. The average molecular weight is 448 g/mol. The van der Waals surface area contributed by atoms with Crippen LogP contribution in [0.25, 0.3) is 0 Å². The molecule has 0 N–H and O–H groups in total. The molecule has 2 amide bonds. The third kappa shape index (κ3) is 4.48. The first kappa shape index (κ1) is 21.5. The standard InChI is InChI=1S/C21H25N3O6S/c1-14(20(26)23-11-4-6-15-5-2-3-7-18(15)23)30-21(27)17-8-9-19(25)24(22-17)16-10-12-31(28,29)13-16/h2-3,5,7,14,16H,4,6,8-13H2,1H3/t14-,16+/m1/s1. The van der Waals surface area contributed by atoms with Crippen LogP contribution in [-0.2, 0) is 35.4 Å². The number of carbonyl (C=O) groups excluding carboxylic acids is 3. The molecule has 0 unspecified atom stereocenters. The summed E-state index contributed by atoms with van der Waals surface area (Å²) in [6.45, 7) is 2.07. The number of anilines is 1. The lowest BCUT2D eigenvalue weighted by atomic mass is 10.0. The number of fused-ring (bicyclic) bond motifs is 1. The van der Waals surface area contributed by atoms with Crippen molar-refractivity contribution in [3.05, 3.63) is 29.8 Å². The minimum absolute atomic E-state index is 0.000406. The van der Waals surface area contributed by atoms with Gasteiger partial charge >= 0.3 is 5.97 Å². The van der Waals surface area contributed by atoms with Crippen LogP contribution in [0.4, 0.5) is 5.69 Å². The number of aryl methyl sites for hydroxylation is 1.